The van der Waals surface area contributed by atoms with Gasteiger partial charge in [-0.15, -0.1) is 0 Å². The molecule has 1 aromatic rings. The van der Waals surface area contributed by atoms with E-state index in [0.717, 1.165) is 11.3 Å². The van der Waals surface area contributed by atoms with E-state index < -0.39 is 11.9 Å². The number of carbonyl (C=O) groups is 2. The molecule has 1 unspecified atom stereocenters. The summed E-state index contributed by atoms with van der Waals surface area (Å²) in [4.78, 5) is 23.6. The fourth-order valence-corrected chi connectivity index (χ4v) is 2.40. The predicted octanol–water partition coefficient (Wildman–Crippen LogP) is 1.50. The number of methoxy groups -OCH3 is 1. The van der Waals surface area contributed by atoms with Crippen LogP contribution in [0, 0.1) is 0 Å². The Labute approximate surface area is 128 Å². The molecule has 0 fully saturated rings. The van der Waals surface area contributed by atoms with Crippen molar-refractivity contribution in [1.29, 1.82) is 0 Å². The second-order valence-electron chi connectivity index (χ2n) is 4.97. The summed E-state index contributed by atoms with van der Waals surface area (Å²) in [5.74, 6) is -0.894. The number of hydrogen-bond donors (Lipinski definition) is 2. The Hall–Kier alpha value is -2.50. The summed E-state index contributed by atoms with van der Waals surface area (Å²) < 4.78 is 9.93. The van der Waals surface area contributed by atoms with Crippen molar-refractivity contribution in [1.82, 2.24) is 5.32 Å². The molecule has 1 aliphatic heterocycles. The van der Waals surface area contributed by atoms with Crippen molar-refractivity contribution in [3.05, 3.63) is 41.2 Å². The highest BCUT2D eigenvalue weighted by molar-refractivity contribution is 6.17. The Morgan fingerprint density at radius 1 is 1.45 bits per heavy atom. The van der Waals surface area contributed by atoms with Gasteiger partial charge in [0.15, 0.2) is 5.57 Å². The van der Waals surface area contributed by atoms with Crippen molar-refractivity contribution in [3.8, 4) is 5.75 Å². The standard InChI is InChI=1S/C16H19NO5/c1-3-22-16(20)14-13(18)9-11(17-15(14)19)7-10-5-4-6-12(8-10)21-2/h4-6,8,11,18H,3,7,9H2,1-2H3,(H,17,19). The van der Waals surface area contributed by atoms with Crippen LogP contribution in [0.5, 0.6) is 5.75 Å². The molecule has 2 N–H and O–H groups in total. The molecular weight excluding hydrogens is 286 g/mol. The molecule has 6 nitrogen and oxygen atoms in total. The quantitative estimate of drug-likeness (QED) is 0.636. The Balaban J connectivity index is 2.10. The molecule has 0 radical (unpaired) electrons. The summed E-state index contributed by atoms with van der Waals surface area (Å²) in [5, 5.41) is 12.7. The lowest BCUT2D eigenvalue weighted by atomic mass is 9.96. The van der Waals surface area contributed by atoms with E-state index >= 15 is 0 Å². The summed E-state index contributed by atoms with van der Waals surface area (Å²) in [6, 6.07) is 7.19. The van der Waals surface area contributed by atoms with Crippen LogP contribution in [0.3, 0.4) is 0 Å². The third-order valence-electron chi connectivity index (χ3n) is 3.39. The van der Waals surface area contributed by atoms with Gasteiger partial charge in [-0.1, -0.05) is 12.1 Å². The Morgan fingerprint density at radius 2 is 2.23 bits per heavy atom. The van der Waals surface area contributed by atoms with Gasteiger partial charge >= 0.3 is 5.97 Å². The normalized spacial score (nSPS) is 17.9. The maximum absolute atomic E-state index is 12.0. The molecule has 22 heavy (non-hydrogen) atoms. The van der Waals surface area contributed by atoms with E-state index in [9.17, 15) is 14.7 Å². The monoisotopic (exact) mass is 305 g/mol. The van der Waals surface area contributed by atoms with Crippen LogP contribution in [-0.2, 0) is 20.7 Å². The lowest BCUT2D eigenvalue weighted by molar-refractivity contribution is -0.141. The first-order valence-corrected chi connectivity index (χ1v) is 7.08. The van der Waals surface area contributed by atoms with Gasteiger partial charge in [-0.3, -0.25) is 4.79 Å². The van der Waals surface area contributed by atoms with Crippen molar-refractivity contribution in [2.75, 3.05) is 13.7 Å². The van der Waals surface area contributed by atoms with Crippen molar-refractivity contribution < 1.29 is 24.2 Å². The number of carbonyl (C=O) groups excluding carboxylic acids is 2. The van der Waals surface area contributed by atoms with Gasteiger partial charge in [0.1, 0.15) is 11.5 Å². The highest BCUT2D eigenvalue weighted by Crippen LogP contribution is 2.21. The van der Waals surface area contributed by atoms with Gasteiger partial charge in [0, 0.05) is 12.5 Å². The number of amides is 1. The van der Waals surface area contributed by atoms with Crippen molar-refractivity contribution in [3.63, 3.8) is 0 Å². The van der Waals surface area contributed by atoms with Gasteiger partial charge in [-0.25, -0.2) is 4.79 Å². The average molecular weight is 305 g/mol. The van der Waals surface area contributed by atoms with E-state index in [1.807, 2.05) is 24.3 Å². The fraction of sp³-hybridized carbons (Fsp3) is 0.375. The number of ether oxygens (including phenoxy) is 2. The lowest BCUT2D eigenvalue weighted by Gasteiger charge is -2.24. The molecule has 0 aromatic heterocycles. The van der Waals surface area contributed by atoms with E-state index in [1.54, 1.807) is 14.0 Å². The van der Waals surface area contributed by atoms with E-state index in [4.69, 9.17) is 9.47 Å². The molecular formula is C16H19NO5. The molecule has 2 rings (SSSR count). The molecule has 0 saturated heterocycles. The topological polar surface area (TPSA) is 84.9 Å². The van der Waals surface area contributed by atoms with Gasteiger partial charge in [0.2, 0.25) is 0 Å². The Kier molecular flexibility index (Phi) is 5.04. The van der Waals surface area contributed by atoms with Gasteiger partial charge in [0.25, 0.3) is 5.91 Å². The molecule has 1 heterocycles. The minimum atomic E-state index is -0.794. The van der Waals surface area contributed by atoms with E-state index in [2.05, 4.69) is 5.32 Å². The van der Waals surface area contributed by atoms with E-state index in [0.29, 0.717) is 6.42 Å². The highest BCUT2D eigenvalue weighted by atomic mass is 16.5. The van der Waals surface area contributed by atoms with Gasteiger partial charge < -0.3 is 19.9 Å². The summed E-state index contributed by atoms with van der Waals surface area (Å²) in [6.45, 7) is 1.79. The molecule has 6 heteroatoms. The zero-order chi connectivity index (χ0) is 16.1. The number of hydrogen-bond acceptors (Lipinski definition) is 5. The van der Waals surface area contributed by atoms with E-state index in [-0.39, 0.29) is 30.4 Å². The number of rotatable bonds is 5. The highest BCUT2D eigenvalue weighted by Gasteiger charge is 2.32. The van der Waals surface area contributed by atoms with Crippen LogP contribution in [-0.4, -0.2) is 36.7 Å². The Morgan fingerprint density at radius 3 is 2.86 bits per heavy atom. The van der Waals surface area contributed by atoms with Gasteiger partial charge in [-0.05, 0) is 31.0 Å². The van der Waals surface area contributed by atoms with E-state index in [1.165, 1.54) is 0 Å². The average Bonchev–Trinajstić information content (AvgIpc) is 2.47. The largest absolute Gasteiger partial charge is 0.511 e. The first-order valence-electron chi connectivity index (χ1n) is 7.08. The molecule has 0 bridgehead atoms. The zero-order valence-corrected chi connectivity index (χ0v) is 12.6. The van der Waals surface area contributed by atoms with Crippen LogP contribution in [0.1, 0.15) is 18.9 Å². The maximum atomic E-state index is 12.0. The predicted molar refractivity (Wildman–Crippen MR) is 79.5 cm³/mol. The zero-order valence-electron chi connectivity index (χ0n) is 12.6. The molecule has 1 aromatic carbocycles. The first kappa shape index (κ1) is 15.9. The summed E-state index contributed by atoms with van der Waals surface area (Å²) in [7, 11) is 1.59. The molecule has 1 atom stereocenters. The smallest absolute Gasteiger partial charge is 0.347 e. The molecule has 118 valence electrons. The fourth-order valence-electron chi connectivity index (χ4n) is 2.40. The number of benzene rings is 1. The van der Waals surface area contributed by atoms with Crippen LogP contribution >= 0.6 is 0 Å². The SMILES string of the molecule is CCOC(=O)C1=C(O)CC(Cc2cccc(OC)c2)NC1=O. The van der Waals surface area contributed by atoms with Crippen LogP contribution in [0.25, 0.3) is 0 Å². The molecule has 1 amide bonds. The molecule has 0 spiro atoms. The molecule has 1 aliphatic rings. The Bertz CT molecular complexity index is 608. The van der Waals surface area contributed by atoms with Crippen LogP contribution in [0.4, 0.5) is 0 Å². The van der Waals surface area contributed by atoms with Crippen LogP contribution in [0.2, 0.25) is 0 Å². The van der Waals surface area contributed by atoms with Gasteiger partial charge in [0.05, 0.1) is 13.7 Å². The summed E-state index contributed by atoms with van der Waals surface area (Å²) in [5.41, 5.74) is 0.667. The second-order valence-corrected chi connectivity index (χ2v) is 4.97. The van der Waals surface area contributed by atoms with Crippen molar-refractivity contribution in [2.24, 2.45) is 0 Å². The molecule has 0 saturated carbocycles. The lowest BCUT2D eigenvalue weighted by Crippen LogP contribution is -2.44. The third kappa shape index (κ3) is 3.58. The van der Waals surface area contributed by atoms with Crippen molar-refractivity contribution in [2.45, 2.75) is 25.8 Å². The summed E-state index contributed by atoms with van der Waals surface area (Å²) >= 11 is 0. The number of aliphatic hydroxyl groups excluding tert-OH is 1. The van der Waals surface area contributed by atoms with Crippen LogP contribution in [0.15, 0.2) is 35.6 Å². The third-order valence-corrected chi connectivity index (χ3v) is 3.39. The maximum Gasteiger partial charge on any atom is 0.347 e. The van der Waals surface area contributed by atoms with Crippen molar-refractivity contribution >= 4 is 11.9 Å². The minimum Gasteiger partial charge on any atom is -0.511 e. The summed E-state index contributed by atoms with van der Waals surface area (Å²) in [6.07, 6.45) is 0.722. The van der Waals surface area contributed by atoms with Gasteiger partial charge in [-0.2, -0.15) is 0 Å². The molecule has 0 aliphatic carbocycles. The first-order chi connectivity index (χ1) is 10.5. The number of nitrogens with one attached hydrogen (secondary N) is 1. The van der Waals surface area contributed by atoms with Crippen LogP contribution < -0.4 is 10.1 Å². The number of esters is 1. The number of aliphatic hydroxyl groups is 1. The second kappa shape index (κ2) is 6.98. The minimum absolute atomic E-state index is 0.149.